The lowest BCUT2D eigenvalue weighted by molar-refractivity contribution is 0.471. The molecule has 1 aliphatic heterocycles. The molecule has 0 atom stereocenters. The Hall–Kier alpha value is -1.26. The molecule has 0 unspecified atom stereocenters. The van der Waals surface area contributed by atoms with Gasteiger partial charge in [-0.15, -0.1) is 0 Å². The zero-order valence-corrected chi connectivity index (χ0v) is 14.3. The highest BCUT2D eigenvalue weighted by atomic mass is 32.2. The summed E-state index contributed by atoms with van der Waals surface area (Å²) in [5, 5.41) is 2.07. The predicted octanol–water partition coefficient (Wildman–Crippen LogP) is 1.96. The molecule has 2 aromatic rings. The molecule has 1 fully saturated rings. The maximum absolute atomic E-state index is 12.6. The third-order valence-corrected chi connectivity index (χ3v) is 8.23. The molecule has 1 N–H and O–H groups in total. The van der Waals surface area contributed by atoms with Gasteiger partial charge in [0, 0.05) is 20.2 Å². The molecule has 3 rings (SSSR count). The largest absolute Gasteiger partial charge is 0.284 e. The van der Waals surface area contributed by atoms with Crippen LogP contribution in [0.1, 0.15) is 13.8 Å². The van der Waals surface area contributed by atoms with Crippen molar-refractivity contribution in [3.63, 3.8) is 0 Å². The van der Waals surface area contributed by atoms with Gasteiger partial charge in [0.2, 0.25) is 0 Å². The van der Waals surface area contributed by atoms with Crippen molar-refractivity contribution in [2.24, 2.45) is 0 Å². The summed E-state index contributed by atoms with van der Waals surface area (Å²) in [5.74, 6) is 0. The van der Waals surface area contributed by atoms with Gasteiger partial charge in [-0.3, -0.25) is 0 Å². The van der Waals surface area contributed by atoms with Crippen LogP contribution >= 0.6 is 8.07 Å². The summed E-state index contributed by atoms with van der Waals surface area (Å²) in [6.07, 6.45) is 0. The standard InChI is InChI=1S/C16H19N2O2PS/c1-16(2)13-18(22(19,20)17-16)21(14-9-5-3-6-10-14)15-11-7-4-8-12-15/h3-12,17H,13H2,1-2H3. The summed E-state index contributed by atoms with van der Waals surface area (Å²) >= 11 is 0. The lowest BCUT2D eigenvalue weighted by Gasteiger charge is -2.27. The zero-order valence-electron chi connectivity index (χ0n) is 12.6. The van der Waals surface area contributed by atoms with E-state index in [1.807, 2.05) is 74.5 Å². The van der Waals surface area contributed by atoms with Crippen molar-refractivity contribution < 1.29 is 8.42 Å². The Morgan fingerprint density at radius 3 is 1.77 bits per heavy atom. The molecule has 22 heavy (non-hydrogen) atoms. The Labute approximate surface area is 133 Å². The minimum Gasteiger partial charge on any atom is -0.195 e. The number of nitrogens with one attached hydrogen (secondary N) is 1. The third-order valence-electron chi connectivity index (χ3n) is 3.44. The monoisotopic (exact) mass is 334 g/mol. The highest BCUT2D eigenvalue weighted by Gasteiger charge is 2.45. The minimum atomic E-state index is -3.48. The van der Waals surface area contributed by atoms with Gasteiger partial charge in [0.1, 0.15) is 0 Å². The Kier molecular flexibility index (Phi) is 4.08. The Morgan fingerprint density at radius 2 is 1.41 bits per heavy atom. The second-order valence-corrected chi connectivity index (χ2v) is 9.96. The van der Waals surface area contributed by atoms with Crippen LogP contribution in [0.5, 0.6) is 0 Å². The lowest BCUT2D eigenvalue weighted by Crippen LogP contribution is -2.36. The van der Waals surface area contributed by atoms with Crippen molar-refractivity contribution in [3.05, 3.63) is 60.7 Å². The van der Waals surface area contributed by atoms with Gasteiger partial charge in [0.25, 0.3) is 10.2 Å². The maximum Gasteiger partial charge on any atom is 0.284 e. The van der Waals surface area contributed by atoms with Crippen LogP contribution in [0.3, 0.4) is 0 Å². The van der Waals surface area contributed by atoms with Crippen molar-refractivity contribution in [3.8, 4) is 0 Å². The first kappa shape index (κ1) is 15.6. The van der Waals surface area contributed by atoms with E-state index < -0.39 is 23.8 Å². The molecule has 2 aromatic carbocycles. The van der Waals surface area contributed by atoms with Gasteiger partial charge in [-0.2, -0.15) is 17.2 Å². The minimum absolute atomic E-state index is 0.455. The first-order valence-corrected chi connectivity index (χ1v) is 9.84. The van der Waals surface area contributed by atoms with Crippen LogP contribution < -0.4 is 15.3 Å². The summed E-state index contributed by atoms with van der Waals surface area (Å²) in [7, 11) is -4.59. The first-order chi connectivity index (χ1) is 10.4. The quantitative estimate of drug-likeness (QED) is 0.873. The SMILES string of the molecule is CC1(C)CN(P(c2ccccc2)c2ccccc2)S(=O)(=O)N1. The fraction of sp³-hybridized carbons (Fsp3) is 0.250. The number of benzene rings is 2. The number of hydrogen-bond donors (Lipinski definition) is 1. The van der Waals surface area contributed by atoms with E-state index in [1.165, 1.54) is 0 Å². The van der Waals surface area contributed by atoms with E-state index in [9.17, 15) is 8.42 Å². The second-order valence-electron chi connectivity index (χ2n) is 5.95. The topological polar surface area (TPSA) is 49.4 Å². The van der Waals surface area contributed by atoms with Crippen molar-refractivity contribution in [2.75, 3.05) is 6.54 Å². The number of nitrogens with zero attached hydrogens (tertiary/aromatic N) is 1. The van der Waals surface area contributed by atoms with Crippen LogP contribution in [0.15, 0.2) is 60.7 Å². The second kappa shape index (κ2) is 5.74. The average Bonchev–Trinajstić information content (AvgIpc) is 2.69. The first-order valence-electron chi connectivity index (χ1n) is 7.11. The highest BCUT2D eigenvalue weighted by molar-refractivity contribution is 7.95. The van der Waals surface area contributed by atoms with E-state index in [0.717, 1.165) is 10.6 Å². The van der Waals surface area contributed by atoms with Crippen LogP contribution in [0.25, 0.3) is 0 Å². The van der Waals surface area contributed by atoms with E-state index in [0.29, 0.717) is 6.54 Å². The molecule has 0 saturated carbocycles. The van der Waals surface area contributed by atoms with E-state index in [-0.39, 0.29) is 0 Å². The van der Waals surface area contributed by atoms with Crippen molar-refractivity contribution in [1.82, 2.24) is 8.80 Å². The molecule has 116 valence electrons. The Balaban J connectivity index is 2.11. The zero-order chi connectivity index (χ0) is 15.8. The number of rotatable bonds is 3. The molecule has 0 spiro atoms. The van der Waals surface area contributed by atoms with Crippen LogP contribution in [-0.4, -0.2) is 24.6 Å². The van der Waals surface area contributed by atoms with Crippen LogP contribution in [0.4, 0.5) is 0 Å². The smallest absolute Gasteiger partial charge is 0.195 e. The van der Waals surface area contributed by atoms with Crippen molar-refractivity contribution in [2.45, 2.75) is 19.4 Å². The summed E-state index contributed by atoms with van der Waals surface area (Å²) in [5.41, 5.74) is -0.455. The maximum atomic E-state index is 12.6. The lowest BCUT2D eigenvalue weighted by atomic mass is 10.1. The predicted molar refractivity (Wildman–Crippen MR) is 91.9 cm³/mol. The van der Waals surface area contributed by atoms with Crippen LogP contribution in [0.2, 0.25) is 0 Å². The van der Waals surface area contributed by atoms with Crippen molar-refractivity contribution in [1.29, 1.82) is 0 Å². The third kappa shape index (κ3) is 3.08. The molecule has 1 saturated heterocycles. The molecule has 0 aliphatic carbocycles. The molecule has 4 nitrogen and oxygen atoms in total. The fourth-order valence-electron chi connectivity index (χ4n) is 2.58. The van der Waals surface area contributed by atoms with E-state index >= 15 is 0 Å². The molecule has 0 amide bonds. The van der Waals surface area contributed by atoms with Gasteiger partial charge in [0.15, 0.2) is 0 Å². The Morgan fingerprint density at radius 1 is 0.955 bits per heavy atom. The summed E-state index contributed by atoms with van der Waals surface area (Å²) in [4.78, 5) is 0. The van der Waals surface area contributed by atoms with Gasteiger partial charge in [-0.1, -0.05) is 60.7 Å². The molecule has 1 aliphatic rings. The molecule has 1 heterocycles. The molecule has 0 bridgehead atoms. The van der Waals surface area contributed by atoms with Gasteiger partial charge in [-0.05, 0) is 24.5 Å². The van der Waals surface area contributed by atoms with Crippen LogP contribution in [-0.2, 0) is 10.2 Å². The van der Waals surface area contributed by atoms with Gasteiger partial charge in [0.05, 0.1) is 0 Å². The Bertz CT molecular complexity index is 709. The summed E-state index contributed by atoms with van der Waals surface area (Å²) in [6.45, 7) is 4.28. The molecule has 0 radical (unpaired) electrons. The van der Waals surface area contributed by atoms with Crippen molar-refractivity contribution >= 4 is 28.9 Å². The fourth-order valence-corrected chi connectivity index (χ4v) is 7.71. The number of hydrogen-bond acceptors (Lipinski definition) is 2. The molecular weight excluding hydrogens is 315 g/mol. The highest BCUT2D eigenvalue weighted by Crippen LogP contribution is 2.44. The summed E-state index contributed by atoms with van der Waals surface area (Å²) < 4.78 is 29.6. The normalized spacial score (nSPS) is 20.3. The van der Waals surface area contributed by atoms with Gasteiger partial charge < -0.3 is 0 Å². The van der Waals surface area contributed by atoms with Crippen LogP contribution in [0, 0.1) is 0 Å². The summed E-state index contributed by atoms with van der Waals surface area (Å²) in [6, 6.07) is 19.7. The molecule has 6 heteroatoms. The van der Waals surface area contributed by atoms with E-state index in [1.54, 1.807) is 4.08 Å². The van der Waals surface area contributed by atoms with E-state index in [4.69, 9.17) is 0 Å². The van der Waals surface area contributed by atoms with E-state index in [2.05, 4.69) is 4.72 Å². The van der Waals surface area contributed by atoms with Gasteiger partial charge in [-0.25, -0.2) is 0 Å². The average molecular weight is 334 g/mol. The molecular formula is C16H19N2O2PS. The molecule has 0 aromatic heterocycles. The van der Waals surface area contributed by atoms with Gasteiger partial charge >= 0.3 is 0 Å².